The van der Waals surface area contributed by atoms with Crippen LogP contribution in [0.4, 0.5) is 0 Å². The molecule has 178 valence electrons. The molecule has 0 saturated carbocycles. The Bertz CT molecular complexity index is 1200. The van der Waals surface area contributed by atoms with Gasteiger partial charge in [-0.05, 0) is 47.9 Å². The molecule has 5 rings (SSSR count). The number of piperidine rings is 1. The number of likely N-dealkylation sites (tertiary alicyclic amines) is 1. The first-order valence-electron chi connectivity index (χ1n) is 12.2. The molecule has 1 fully saturated rings. The molecule has 0 aliphatic carbocycles. The van der Waals surface area contributed by atoms with Gasteiger partial charge >= 0.3 is 0 Å². The minimum atomic E-state index is 0.114. The lowest BCUT2D eigenvalue weighted by Gasteiger charge is -2.35. The van der Waals surface area contributed by atoms with Crippen LogP contribution in [0.2, 0.25) is 0 Å². The van der Waals surface area contributed by atoms with Crippen molar-refractivity contribution in [2.24, 2.45) is 11.8 Å². The van der Waals surface area contributed by atoms with Crippen molar-refractivity contribution in [3.63, 3.8) is 0 Å². The third-order valence-electron chi connectivity index (χ3n) is 6.94. The number of amides is 2. The number of thioether (sulfide) groups is 1. The van der Waals surface area contributed by atoms with E-state index in [2.05, 4.69) is 32.0 Å². The summed E-state index contributed by atoms with van der Waals surface area (Å²) in [7, 11) is 0. The first kappa shape index (κ1) is 23.0. The summed E-state index contributed by atoms with van der Waals surface area (Å²) < 4.78 is 1.99. The lowest BCUT2D eigenvalue weighted by atomic mass is 9.92. The zero-order valence-electron chi connectivity index (χ0n) is 19.9. The van der Waals surface area contributed by atoms with E-state index in [-0.39, 0.29) is 18.4 Å². The smallest absolute Gasteiger partial charge is 0.242 e. The number of para-hydroxylation sites is 2. The third-order valence-corrected chi connectivity index (χ3v) is 7.90. The minimum Gasteiger partial charge on any atom is -0.341 e. The van der Waals surface area contributed by atoms with Crippen molar-refractivity contribution in [1.82, 2.24) is 19.4 Å². The van der Waals surface area contributed by atoms with Crippen molar-refractivity contribution >= 4 is 34.6 Å². The van der Waals surface area contributed by atoms with Crippen LogP contribution in [-0.2, 0) is 29.1 Å². The molecule has 1 saturated heterocycles. The van der Waals surface area contributed by atoms with Crippen molar-refractivity contribution in [1.29, 1.82) is 0 Å². The molecule has 0 unspecified atom stereocenters. The van der Waals surface area contributed by atoms with Crippen LogP contribution >= 0.6 is 11.8 Å². The molecule has 2 atom stereocenters. The molecule has 1 aromatic heterocycles. The van der Waals surface area contributed by atoms with Gasteiger partial charge in [0.1, 0.15) is 6.54 Å². The first-order chi connectivity index (χ1) is 16.5. The number of imidazole rings is 1. The highest BCUT2D eigenvalue weighted by molar-refractivity contribution is 7.99. The molecular formula is C27H32N4O2S. The Morgan fingerprint density at radius 3 is 2.44 bits per heavy atom. The molecule has 0 N–H and O–H groups in total. The van der Waals surface area contributed by atoms with Crippen molar-refractivity contribution in [3.8, 4) is 0 Å². The molecule has 3 heterocycles. The number of rotatable bonds is 5. The van der Waals surface area contributed by atoms with E-state index in [4.69, 9.17) is 4.98 Å². The van der Waals surface area contributed by atoms with Gasteiger partial charge in [0.2, 0.25) is 11.8 Å². The normalized spacial score (nSPS) is 20.4. The second-order valence-corrected chi connectivity index (χ2v) is 10.8. The van der Waals surface area contributed by atoms with E-state index in [1.165, 1.54) is 29.3 Å². The Morgan fingerprint density at radius 1 is 0.941 bits per heavy atom. The maximum Gasteiger partial charge on any atom is 0.242 e. The molecule has 2 aromatic carbocycles. The van der Waals surface area contributed by atoms with E-state index in [0.29, 0.717) is 24.1 Å². The van der Waals surface area contributed by atoms with Gasteiger partial charge in [-0.25, -0.2) is 4.98 Å². The standard InChI is InChI=1S/C27H32N4O2S/c1-19-13-20(2)15-30(14-19)25(32)17-31-24-10-6-5-9-23(24)28-27(31)34-18-26(33)29-12-11-21-7-3-4-8-22(21)16-29/h3-10,19-20H,11-18H2,1-2H3/t19-,20+. The number of fused-ring (bicyclic) bond motifs is 2. The van der Waals surface area contributed by atoms with Gasteiger partial charge in [0.15, 0.2) is 5.16 Å². The second kappa shape index (κ2) is 9.82. The van der Waals surface area contributed by atoms with Crippen LogP contribution in [0.1, 0.15) is 31.4 Å². The number of nitrogens with zero attached hydrogens (tertiary/aromatic N) is 4. The summed E-state index contributed by atoms with van der Waals surface area (Å²) in [5.41, 5.74) is 4.36. The monoisotopic (exact) mass is 476 g/mol. The molecule has 6 nitrogen and oxygen atoms in total. The number of hydrogen-bond donors (Lipinski definition) is 0. The average molecular weight is 477 g/mol. The lowest BCUT2D eigenvalue weighted by Crippen LogP contribution is -2.44. The van der Waals surface area contributed by atoms with Crippen LogP contribution in [0.3, 0.4) is 0 Å². The summed E-state index contributed by atoms with van der Waals surface area (Å²) in [6.07, 6.45) is 2.06. The summed E-state index contributed by atoms with van der Waals surface area (Å²) in [5, 5.41) is 0.735. The van der Waals surface area contributed by atoms with E-state index in [0.717, 1.165) is 42.2 Å². The van der Waals surface area contributed by atoms with Crippen molar-refractivity contribution in [3.05, 3.63) is 59.7 Å². The van der Waals surface area contributed by atoms with Gasteiger partial charge in [-0.2, -0.15) is 0 Å². The van der Waals surface area contributed by atoms with E-state index in [1.54, 1.807) is 0 Å². The van der Waals surface area contributed by atoms with Gasteiger partial charge < -0.3 is 14.4 Å². The van der Waals surface area contributed by atoms with Gasteiger partial charge in [-0.15, -0.1) is 0 Å². The van der Waals surface area contributed by atoms with Crippen LogP contribution in [0.25, 0.3) is 11.0 Å². The number of hydrogen-bond acceptors (Lipinski definition) is 4. The fourth-order valence-electron chi connectivity index (χ4n) is 5.34. The zero-order chi connectivity index (χ0) is 23.7. The summed E-state index contributed by atoms with van der Waals surface area (Å²) in [6, 6.07) is 16.2. The first-order valence-corrected chi connectivity index (χ1v) is 13.2. The molecule has 7 heteroatoms. The van der Waals surface area contributed by atoms with Gasteiger partial charge in [0.25, 0.3) is 0 Å². The molecule has 2 amide bonds. The molecule has 3 aromatic rings. The lowest BCUT2D eigenvalue weighted by molar-refractivity contribution is -0.134. The SMILES string of the molecule is C[C@@H]1C[C@H](C)CN(C(=O)Cn2c(SCC(=O)N3CCc4ccccc4C3)nc3ccccc32)C1. The summed E-state index contributed by atoms with van der Waals surface area (Å²) in [5.74, 6) is 1.60. The third kappa shape index (κ3) is 4.85. The maximum atomic E-state index is 13.2. The van der Waals surface area contributed by atoms with Gasteiger partial charge in [-0.3, -0.25) is 9.59 Å². The van der Waals surface area contributed by atoms with Crippen LogP contribution in [0.15, 0.2) is 53.7 Å². The van der Waals surface area contributed by atoms with Crippen LogP contribution < -0.4 is 0 Å². The summed E-state index contributed by atoms with van der Waals surface area (Å²) >= 11 is 1.44. The van der Waals surface area contributed by atoms with E-state index >= 15 is 0 Å². The highest BCUT2D eigenvalue weighted by atomic mass is 32.2. The van der Waals surface area contributed by atoms with E-state index in [1.807, 2.05) is 44.7 Å². The largest absolute Gasteiger partial charge is 0.341 e. The molecule has 0 radical (unpaired) electrons. The second-order valence-electron chi connectivity index (χ2n) is 9.84. The van der Waals surface area contributed by atoms with E-state index < -0.39 is 0 Å². The predicted octanol–water partition coefficient (Wildman–Crippen LogP) is 4.22. The summed E-state index contributed by atoms with van der Waals surface area (Å²) in [6.45, 7) is 7.73. The Kier molecular flexibility index (Phi) is 6.63. The number of carbonyl (C=O) groups excluding carboxylic acids is 2. The fourth-order valence-corrected chi connectivity index (χ4v) is 6.26. The van der Waals surface area contributed by atoms with Gasteiger partial charge in [0, 0.05) is 26.2 Å². The number of aromatic nitrogens is 2. The molecule has 0 spiro atoms. The van der Waals surface area contributed by atoms with Crippen molar-refractivity contribution < 1.29 is 9.59 Å². The maximum absolute atomic E-state index is 13.2. The van der Waals surface area contributed by atoms with Gasteiger partial charge in [-0.1, -0.05) is 62.0 Å². The quantitative estimate of drug-likeness (QED) is 0.518. The van der Waals surface area contributed by atoms with Crippen molar-refractivity contribution in [2.45, 2.75) is 44.9 Å². The highest BCUT2D eigenvalue weighted by Crippen LogP contribution is 2.27. The zero-order valence-corrected chi connectivity index (χ0v) is 20.8. The molecule has 2 aliphatic heterocycles. The Labute approximate surface area is 205 Å². The van der Waals surface area contributed by atoms with Crippen molar-refractivity contribution in [2.75, 3.05) is 25.4 Å². The molecular weight excluding hydrogens is 444 g/mol. The number of carbonyl (C=O) groups is 2. The average Bonchev–Trinajstić information content (AvgIpc) is 3.18. The Morgan fingerprint density at radius 2 is 1.65 bits per heavy atom. The topological polar surface area (TPSA) is 58.4 Å². The molecule has 34 heavy (non-hydrogen) atoms. The predicted molar refractivity (Wildman–Crippen MR) is 136 cm³/mol. The molecule has 2 aliphatic rings. The Balaban J connectivity index is 1.30. The Hall–Kier alpha value is -2.80. The highest BCUT2D eigenvalue weighted by Gasteiger charge is 2.27. The fraction of sp³-hybridized carbons (Fsp3) is 0.444. The minimum absolute atomic E-state index is 0.114. The van der Waals surface area contributed by atoms with E-state index in [9.17, 15) is 9.59 Å². The van der Waals surface area contributed by atoms with Crippen LogP contribution in [-0.4, -0.2) is 56.6 Å². The van der Waals surface area contributed by atoms with Crippen LogP contribution in [0.5, 0.6) is 0 Å². The summed E-state index contributed by atoms with van der Waals surface area (Å²) in [4.78, 5) is 35.0. The molecule has 0 bridgehead atoms. The number of benzene rings is 2. The van der Waals surface area contributed by atoms with Crippen LogP contribution in [0, 0.1) is 11.8 Å². The van der Waals surface area contributed by atoms with Gasteiger partial charge in [0.05, 0.1) is 16.8 Å².